The molecule has 1 fully saturated rings. The maximum atomic E-state index is 13.4. The molecule has 1 atom stereocenters. The number of methoxy groups -OCH3 is 1. The van der Waals surface area contributed by atoms with Crippen molar-refractivity contribution in [2.45, 2.75) is 46.2 Å². The molecule has 1 aliphatic rings. The summed E-state index contributed by atoms with van der Waals surface area (Å²) in [5, 5.41) is 11.4. The highest BCUT2D eigenvalue weighted by Gasteiger charge is 2.46. The summed E-state index contributed by atoms with van der Waals surface area (Å²) in [7, 11) is 1.59. The molecule has 1 unspecified atom stereocenters. The van der Waals surface area contributed by atoms with Gasteiger partial charge in [0.25, 0.3) is 11.7 Å². The number of nitrogens with zero attached hydrogens (tertiary/aromatic N) is 1. The van der Waals surface area contributed by atoms with Crippen LogP contribution in [-0.2, 0) is 16.1 Å². The number of aliphatic hydroxyl groups excluding tert-OH is 1. The lowest BCUT2D eigenvalue weighted by molar-refractivity contribution is -0.140. The number of hydrogen-bond donors (Lipinski definition) is 1. The van der Waals surface area contributed by atoms with Gasteiger partial charge in [0.15, 0.2) is 0 Å². The molecule has 0 bridgehead atoms. The van der Waals surface area contributed by atoms with Gasteiger partial charge in [-0.15, -0.1) is 0 Å². The Morgan fingerprint density at radius 2 is 1.68 bits per heavy atom. The van der Waals surface area contributed by atoms with Crippen LogP contribution >= 0.6 is 0 Å². The molecule has 6 heteroatoms. The van der Waals surface area contributed by atoms with Crippen molar-refractivity contribution in [3.63, 3.8) is 0 Å². The Hall–Kier alpha value is -4.06. The standard InChI is InChI=1S/C31H33NO5/c1-6-37-26-16-13-24(17-20(26)4)29(33)27-28(23-11-9-22(10-12-23)19(2)3)32(31(35)30(27)34)18-21-7-14-25(36-5)15-8-21/h7-17,19,28,33H,6,18H2,1-5H3/b29-27-. The number of hydrogen-bond acceptors (Lipinski definition) is 5. The third kappa shape index (κ3) is 5.24. The van der Waals surface area contributed by atoms with Crippen LogP contribution in [0.3, 0.4) is 0 Å². The van der Waals surface area contributed by atoms with E-state index >= 15 is 0 Å². The first kappa shape index (κ1) is 26.0. The number of aliphatic hydroxyl groups is 1. The van der Waals surface area contributed by atoms with E-state index in [1.807, 2.05) is 62.4 Å². The minimum atomic E-state index is -0.727. The van der Waals surface area contributed by atoms with Gasteiger partial charge in [0.05, 0.1) is 25.3 Å². The van der Waals surface area contributed by atoms with Crippen LogP contribution in [0.5, 0.6) is 11.5 Å². The maximum absolute atomic E-state index is 13.4. The first-order valence-corrected chi connectivity index (χ1v) is 12.5. The van der Waals surface area contributed by atoms with Crippen molar-refractivity contribution in [3.8, 4) is 11.5 Å². The van der Waals surface area contributed by atoms with Crippen molar-refractivity contribution >= 4 is 17.4 Å². The highest BCUT2D eigenvalue weighted by molar-refractivity contribution is 6.46. The number of rotatable bonds is 8. The molecular weight excluding hydrogens is 466 g/mol. The van der Waals surface area contributed by atoms with Crippen LogP contribution in [0.4, 0.5) is 0 Å². The molecule has 3 aromatic rings. The molecule has 0 spiro atoms. The number of benzene rings is 3. The van der Waals surface area contributed by atoms with Crippen molar-refractivity contribution < 1.29 is 24.2 Å². The van der Waals surface area contributed by atoms with Crippen molar-refractivity contribution in [1.82, 2.24) is 4.90 Å². The minimum Gasteiger partial charge on any atom is -0.507 e. The van der Waals surface area contributed by atoms with E-state index < -0.39 is 17.7 Å². The fourth-order valence-electron chi connectivity index (χ4n) is 4.65. The quantitative estimate of drug-likeness (QED) is 0.229. The van der Waals surface area contributed by atoms with Gasteiger partial charge in [-0.25, -0.2) is 0 Å². The molecule has 4 rings (SSSR count). The summed E-state index contributed by atoms with van der Waals surface area (Å²) in [6, 6.07) is 19.8. The molecule has 0 saturated carbocycles. The van der Waals surface area contributed by atoms with E-state index in [9.17, 15) is 14.7 Å². The monoisotopic (exact) mass is 499 g/mol. The molecule has 6 nitrogen and oxygen atoms in total. The number of ether oxygens (including phenoxy) is 2. The largest absolute Gasteiger partial charge is 0.507 e. The fraction of sp³-hybridized carbons (Fsp3) is 0.290. The topological polar surface area (TPSA) is 76.1 Å². The van der Waals surface area contributed by atoms with Gasteiger partial charge in [-0.1, -0.05) is 50.2 Å². The molecule has 1 saturated heterocycles. The third-order valence-electron chi connectivity index (χ3n) is 6.72. The van der Waals surface area contributed by atoms with Crippen LogP contribution in [0.25, 0.3) is 5.76 Å². The second kappa shape index (κ2) is 10.9. The Kier molecular flexibility index (Phi) is 7.67. The molecule has 1 heterocycles. The summed E-state index contributed by atoms with van der Waals surface area (Å²) in [6.07, 6.45) is 0. The summed E-state index contributed by atoms with van der Waals surface area (Å²) in [5.74, 6) is 0.219. The predicted octanol–water partition coefficient (Wildman–Crippen LogP) is 6.15. The van der Waals surface area contributed by atoms with E-state index in [4.69, 9.17) is 9.47 Å². The maximum Gasteiger partial charge on any atom is 0.295 e. The van der Waals surface area contributed by atoms with Crippen LogP contribution in [0.1, 0.15) is 60.5 Å². The summed E-state index contributed by atoms with van der Waals surface area (Å²) >= 11 is 0. The van der Waals surface area contributed by atoms with Crippen LogP contribution < -0.4 is 9.47 Å². The first-order chi connectivity index (χ1) is 17.7. The van der Waals surface area contributed by atoms with Crippen LogP contribution in [0.2, 0.25) is 0 Å². The van der Waals surface area contributed by atoms with Crippen LogP contribution in [-0.4, -0.2) is 35.4 Å². The first-order valence-electron chi connectivity index (χ1n) is 12.5. The van der Waals surface area contributed by atoms with Crippen LogP contribution in [0, 0.1) is 6.92 Å². The van der Waals surface area contributed by atoms with E-state index in [0.717, 1.165) is 22.3 Å². The number of aryl methyl sites for hydroxylation is 1. The number of Topliss-reactive ketones (excluding diaryl/α,β-unsaturated/α-hetero) is 1. The number of likely N-dealkylation sites (tertiary alicyclic amines) is 1. The minimum absolute atomic E-state index is 0.0827. The highest BCUT2D eigenvalue weighted by Crippen LogP contribution is 2.41. The van der Waals surface area contributed by atoms with Gasteiger partial charge in [0, 0.05) is 12.1 Å². The predicted molar refractivity (Wildman–Crippen MR) is 144 cm³/mol. The smallest absolute Gasteiger partial charge is 0.295 e. The highest BCUT2D eigenvalue weighted by atomic mass is 16.5. The van der Waals surface area contributed by atoms with Crippen molar-refractivity contribution in [2.75, 3.05) is 13.7 Å². The average Bonchev–Trinajstić information content (AvgIpc) is 3.15. The molecule has 0 aliphatic carbocycles. The molecule has 0 radical (unpaired) electrons. The van der Waals surface area contributed by atoms with Crippen molar-refractivity contribution in [1.29, 1.82) is 0 Å². The van der Waals surface area contributed by atoms with Gasteiger partial charge < -0.3 is 19.5 Å². The van der Waals surface area contributed by atoms with E-state index in [1.165, 1.54) is 4.90 Å². The van der Waals surface area contributed by atoms with E-state index in [1.54, 1.807) is 25.3 Å². The van der Waals surface area contributed by atoms with Crippen molar-refractivity contribution in [2.24, 2.45) is 0 Å². The number of amides is 1. The van der Waals surface area contributed by atoms with E-state index in [2.05, 4.69) is 13.8 Å². The van der Waals surface area contributed by atoms with E-state index in [0.29, 0.717) is 29.6 Å². The molecule has 1 N–H and O–H groups in total. The molecule has 3 aromatic carbocycles. The molecule has 0 aromatic heterocycles. The lowest BCUT2D eigenvalue weighted by atomic mass is 9.92. The van der Waals surface area contributed by atoms with Gasteiger partial charge in [-0.3, -0.25) is 9.59 Å². The Balaban J connectivity index is 1.82. The molecule has 1 amide bonds. The second-order valence-corrected chi connectivity index (χ2v) is 9.51. The zero-order valence-electron chi connectivity index (χ0n) is 21.9. The molecule has 1 aliphatic heterocycles. The fourth-order valence-corrected chi connectivity index (χ4v) is 4.65. The van der Waals surface area contributed by atoms with Crippen molar-refractivity contribution in [3.05, 3.63) is 100 Å². The van der Waals surface area contributed by atoms with Gasteiger partial charge in [-0.05, 0) is 72.4 Å². The van der Waals surface area contributed by atoms with Gasteiger partial charge in [0.2, 0.25) is 0 Å². The molecule has 192 valence electrons. The lowest BCUT2D eigenvalue weighted by Crippen LogP contribution is -2.29. The van der Waals surface area contributed by atoms with Gasteiger partial charge in [0.1, 0.15) is 17.3 Å². The Labute approximate surface area is 218 Å². The summed E-state index contributed by atoms with van der Waals surface area (Å²) in [5.41, 5.74) is 4.14. The molecule has 37 heavy (non-hydrogen) atoms. The third-order valence-corrected chi connectivity index (χ3v) is 6.72. The summed E-state index contributed by atoms with van der Waals surface area (Å²) in [6.45, 7) is 8.74. The second-order valence-electron chi connectivity index (χ2n) is 9.51. The summed E-state index contributed by atoms with van der Waals surface area (Å²) < 4.78 is 10.9. The molecular formula is C31H33NO5. The Morgan fingerprint density at radius 1 is 1.00 bits per heavy atom. The summed E-state index contributed by atoms with van der Waals surface area (Å²) in [4.78, 5) is 28.2. The number of ketones is 1. The van der Waals surface area contributed by atoms with Gasteiger partial charge in [-0.2, -0.15) is 0 Å². The lowest BCUT2D eigenvalue weighted by Gasteiger charge is -2.26. The average molecular weight is 500 g/mol. The SMILES string of the molecule is CCOc1ccc(/C(O)=C2/C(=O)C(=O)N(Cc3ccc(OC)cc3)C2c2ccc(C(C)C)cc2)cc1C. The zero-order chi connectivity index (χ0) is 26.7. The Morgan fingerprint density at radius 3 is 2.24 bits per heavy atom. The number of carbonyl (C=O) groups excluding carboxylic acids is 2. The zero-order valence-corrected chi connectivity index (χ0v) is 21.9. The van der Waals surface area contributed by atoms with E-state index in [-0.39, 0.29) is 17.9 Å². The van der Waals surface area contributed by atoms with Gasteiger partial charge >= 0.3 is 0 Å². The normalized spacial score (nSPS) is 16.9. The van der Waals surface area contributed by atoms with Crippen LogP contribution in [0.15, 0.2) is 72.3 Å². The number of carbonyl (C=O) groups is 2. The Bertz CT molecular complexity index is 1320.